The number of benzene rings is 1. The Morgan fingerprint density at radius 2 is 2.08 bits per heavy atom. The van der Waals surface area contributed by atoms with E-state index in [1.165, 1.54) is 16.5 Å². The average Bonchev–Trinajstić information content (AvgIpc) is 3.45. The lowest BCUT2D eigenvalue weighted by atomic mass is 9.59. The molecule has 0 saturated carbocycles. The van der Waals surface area contributed by atoms with Gasteiger partial charge in [0.1, 0.15) is 5.75 Å². The van der Waals surface area contributed by atoms with Crippen LogP contribution in [-0.4, -0.2) is 40.1 Å². The lowest BCUT2D eigenvalue weighted by Gasteiger charge is -2.42. The van der Waals surface area contributed by atoms with E-state index in [4.69, 9.17) is 16.3 Å². The molecule has 9 heteroatoms. The second-order valence-electron chi connectivity index (χ2n) is 10.2. The molecular formula is C28H31BClNO5S. The topological polar surface area (TPSA) is 87.1 Å². The first-order valence-electron chi connectivity index (χ1n) is 12.9. The number of hydrogen-bond acceptors (Lipinski definition) is 6. The monoisotopic (exact) mass is 539 g/mol. The Hall–Kier alpha value is -2.39. The van der Waals surface area contributed by atoms with E-state index in [9.17, 15) is 19.7 Å². The molecule has 0 bridgehead atoms. The minimum absolute atomic E-state index is 0.0960. The zero-order chi connectivity index (χ0) is 26.3. The SMILES string of the molecule is CC/C(=C\c1ccc(O)cc1Cl)CC[C@H]1OB(O)C[C@H]2C1=C(C)C[C@H]1C(=O)N(Cc3cccs3)C(=O)[C@H]12. The molecule has 2 amide bonds. The van der Waals surface area contributed by atoms with Gasteiger partial charge in [0.2, 0.25) is 11.8 Å². The van der Waals surface area contributed by atoms with Crippen LogP contribution >= 0.6 is 22.9 Å². The number of allylic oxidation sites excluding steroid dienone is 2. The summed E-state index contributed by atoms with van der Waals surface area (Å²) in [5.74, 6) is -1.09. The number of thiophene rings is 1. The van der Waals surface area contributed by atoms with E-state index >= 15 is 0 Å². The van der Waals surface area contributed by atoms with Crippen molar-refractivity contribution in [1.29, 1.82) is 0 Å². The first-order chi connectivity index (χ1) is 17.8. The second-order valence-corrected chi connectivity index (χ2v) is 11.7. The lowest BCUT2D eigenvalue weighted by molar-refractivity contribution is -0.140. The third kappa shape index (κ3) is 5.17. The fourth-order valence-electron chi connectivity index (χ4n) is 6.22. The number of phenolic OH excluding ortho intramolecular Hbond substituents is 1. The Balaban J connectivity index is 1.36. The van der Waals surface area contributed by atoms with Crippen LogP contribution < -0.4 is 0 Å². The fraction of sp³-hybridized carbons (Fsp3) is 0.429. The molecule has 2 fully saturated rings. The number of hydrogen-bond donors (Lipinski definition) is 2. The average molecular weight is 540 g/mol. The van der Waals surface area contributed by atoms with E-state index in [1.807, 2.05) is 30.5 Å². The third-order valence-corrected chi connectivity index (χ3v) is 9.15. The van der Waals surface area contributed by atoms with Crippen LogP contribution in [0.2, 0.25) is 11.3 Å². The van der Waals surface area contributed by atoms with E-state index in [2.05, 4.69) is 6.92 Å². The summed E-state index contributed by atoms with van der Waals surface area (Å²) >= 11 is 7.85. The van der Waals surface area contributed by atoms with Crippen LogP contribution in [0.4, 0.5) is 0 Å². The van der Waals surface area contributed by atoms with E-state index in [1.54, 1.807) is 23.5 Å². The molecule has 0 unspecified atom stereocenters. The van der Waals surface area contributed by atoms with Gasteiger partial charge in [0, 0.05) is 4.88 Å². The van der Waals surface area contributed by atoms with Crippen LogP contribution in [0.3, 0.4) is 0 Å². The summed E-state index contributed by atoms with van der Waals surface area (Å²) < 4.78 is 6.04. The molecule has 6 nitrogen and oxygen atoms in total. The van der Waals surface area contributed by atoms with Gasteiger partial charge in [-0.2, -0.15) is 0 Å². The van der Waals surface area contributed by atoms with Crippen LogP contribution in [0.15, 0.2) is 52.4 Å². The van der Waals surface area contributed by atoms with Gasteiger partial charge in [-0.15, -0.1) is 11.3 Å². The summed E-state index contributed by atoms with van der Waals surface area (Å²) in [7, 11) is -0.972. The summed E-state index contributed by atoms with van der Waals surface area (Å²) in [5.41, 5.74) is 4.21. The number of likely N-dealkylation sites (tertiary alicyclic amines) is 1. The Labute approximate surface area is 226 Å². The lowest BCUT2D eigenvalue weighted by Crippen LogP contribution is -2.46. The smallest absolute Gasteiger partial charge is 0.455 e. The molecule has 4 atom stereocenters. The molecule has 2 saturated heterocycles. The third-order valence-electron chi connectivity index (χ3n) is 7.96. The number of nitrogens with zero attached hydrogens (tertiary/aromatic N) is 1. The van der Waals surface area contributed by atoms with Crippen molar-refractivity contribution in [3.05, 3.63) is 67.9 Å². The highest BCUT2D eigenvalue weighted by atomic mass is 35.5. The van der Waals surface area contributed by atoms with Crippen LogP contribution in [-0.2, 0) is 20.8 Å². The van der Waals surface area contributed by atoms with E-state index < -0.39 is 13.0 Å². The number of fused-ring (bicyclic) bond motifs is 3. The Morgan fingerprint density at radius 3 is 2.78 bits per heavy atom. The van der Waals surface area contributed by atoms with Crippen LogP contribution in [0, 0.1) is 17.8 Å². The van der Waals surface area contributed by atoms with Gasteiger partial charge in [0.05, 0.1) is 29.5 Å². The van der Waals surface area contributed by atoms with Crippen LogP contribution in [0.5, 0.6) is 5.75 Å². The summed E-state index contributed by atoms with van der Waals surface area (Å²) in [5, 5.41) is 22.7. The zero-order valence-electron chi connectivity index (χ0n) is 21.0. The second kappa shape index (κ2) is 10.8. The highest BCUT2D eigenvalue weighted by molar-refractivity contribution is 7.09. The summed E-state index contributed by atoms with van der Waals surface area (Å²) in [6.45, 7) is 4.44. The predicted octanol–water partition coefficient (Wildman–Crippen LogP) is 5.70. The summed E-state index contributed by atoms with van der Waals surface area (Å²) in [6, 6.07) is 8.81. The fourth-order valence-corrected chi connectivity index (χ4v) is 7.14. The Morgan fingerprint density at radius 1 is 1.27 bits per heavy atom. The van der Waals surface area contributed by atoms with Gasteiger partial charge in [-0.05, 0) is 85.6 Å². The van der Waals surface area contributed by atoms with E-state index in [-0.39, 0.29) is 35.5 Å². The minimum atomic E-state index is -0.972. The van der Waals surface area contributed by atoms with Gasteiger partial charge in [0.25, 0.3) is 0 Å². The standard InChI is InChI=1S/C28H31BClNO5S/c1-3-17(12-18-7-8-19(32)13-23(18)30)6-9-24-25-16(2)11-21-26(22(25)14-29(35)36-24)28(34)31(27(21)33)15-20-5-4-10-37-20/h4-5,7-8,10,12-13,21-22,24,26,32,35H,3,6,9,11,14-15H2,1-2H3/b17-12+/t21-,22+,24-,26-/m1/s1. The van der Waals surface area contributed by atoms with Crippen molar-refractivity contribution in [2.75, 3.05) is 0 Å². The largest absolute Gasteiger partial charge is 0.508 e. The molecule has 194 valence electrons. The van der Waals surface area contributed by atoms with Gasteiger partial charge in [-0.25, -0.2) is 0 Å². The highest BCUT2D eigenvalue weighted by Crippen LogP contribution is 2.50. The number of halogens is 1. The number of aromatic hydroxyl groups is 1. The molecule has 0 radical (unpaired) electrons. The first-order valence-corrected chi connectivity index (χ1v) is 14.1. The Kier molecular flexibility index (Phi) is 7.64. The van der Waals surface area contributed by atoms with Gasteiger partial charge in [-0.1, -0.05) is 41.8 Å². The van der Waals surface area contributed by atoms with Crippen LogP contribution in [0.1, 0.15) is 50.0 Å². The molecular weight excluding hydrogens is 509 g/mol. The van der Waals surface area contributed by atoms with Crippen molar-refractivity contribution in [2.45, 2.75) is 58.5 Å². The highest BCUT2D eigenvalue weighted by Gasteiger charge is 2.56. The summed E-state index contributed by atoms with van der Waals surface area (Å²) in [4.78, 5) is 29.3. The van der Waals surface area contributed by atoms with E-state index in [0.29, 0.717) is 30.7 Å². The van der Waals surface area contributed by atoms with Crippen LogP contribution in [0.25, 0.3) is 6.08 Å². The maximum atomic E-state index is 13.5. The Bertz CT molecular complexity index is 1260. The number of rotatable bonds is 7. The van der Waals surface area contributed by atoms with Gasteiger partial charge < -0.3 is 14.8 Å². The molecule has 1 aliphatic carbocycles. The molecule has 3 aliphatic rings. The maximum absolute atomic E-state index is 13.5. The first kappa shape index (κ1) is 26.2. The normalized spacial score (nSPS) is 26.1. The molecule has 3 heterocycles. The molecule has 0 spiro atoms. The molecule has 2 aliphatic heterocycles. The number of carbonyl (C=O) groups is 2. The molecule has 5 rings (SSSR count). The number of carbonyl (C=O) groups excluding carboxylic acids is 2. The molecule has 2 aromatic rings. The predicted molar refractivity (Wildman–Crippen MR) is 146 cm³/mol. The van der Waals surface area contributed by atoms with Gasteiger partial charge in [-0.3, -0.25) is 14.5 Å². The molecule has 1 aromatic heterocycles. The number of imide groups is 1. The maximum Gasteiger partial charge on any atom is 0.455 e. The van der Waals surface area contributed by atoms with Gasteiger partial charge >= 0.3 is 7.12 Å². The van der Waals surface area contributed by atoms with Crippen molar-refractivity contribution >= 4 is 47.9 Å². The van der Waals surface area contributed by atoms with Crippen molar-refractivity contribution in [2.24, 2.45) is 17.8 Å². The van der Waals surface area contributed by atoms with Crippen molar-refractivity contribution in [3.63, 3.8) is 0 Å². The van der Waals surface area contributed by atoms with Crippen molar-refractivity contribution in [3.8, 4) is 5.75 Å². The quantitative estimate of drug-likeness (QED) is 0.268. The number of phenols is 1. The minimum Gasteiger partial charge on any atom is -0.508 e. The van der Waals surface area contributed by atoms with Crippen molar-refractivity contribution in [1.82, 2.24) is 4.90 Å². The number of amides is 2. The molecule has 1 aromatic carbocycles. The van der Waals surface area contributed by atoms with E-state index in [0.717, 1.165) is 34.4 Å². The van der Waals surface area contributed by atoms with Gasteiger partial charge in [0.15, 0.2) is 0 Å². The molecule has 37 heavy (non-hydrogen) atoms. The summed E-state index contributed by atoms with van der Waals surface area (Å²) in [6.07, 6.45) is 4.83. The van der Waals surface area contributed by atoms with Crippen molar-refractivity contribution < 1.29 is 24.4 Å². The zero-order valence-corrected chi connectivity index (χ0v) is 22.6. The molecule has 2 N–H and O–H groups in total.